The predicted molar refractivity (Wildman–Crippen MR) is 117 cm³/mol. The molecular weight excluding hydrogens is 411 g/mol. The smallest absolute Gasteiger partial charge is 0.374 e. The molecule has 0 amide bonds. The van der Waals surface area contributed by atoms with Gasteiger partial charge in [-0.3, -0.25) is 0 Å². The number of alkyl halides is 5. The first-order valence-corrected chi connectivity index (χ1v) is 9.64. The van der Waals surface area contributed by atoms with Crippen molar-refractivity contribution in [1.82, 2.24) is 5.32 Å². The standard InChI is InChI=1S/C18H22F2N2.C6H7F3/c1-6-16(17(10-21)22-12(4)5)14-7-13(11(2)3)8-15(9-14)18(19)20;1-3-4-5(2)6(7,8)9/h7-9,12,18,22H,2,6H2,1,3-5H3;3-4H,1H2,2H3/b17-16+;5-4+. The van der Waals surface area contributed by atoms with Crippen molar-refractivity contribution in [2.24, 2.45) is 0 Å². The summed E-state index contributed by atoms with van der Waals surface area (Å²) in [5.41, 5.74) is 2.51. The van der Waals surface area contributed by atoms with E-state index in [9.17, 15) is 27.2 Å². The van der Waals surface area contributed by atoms with Gasteiger partial charge in [0.25, 0.3) is 6.43 Å². The molecule has 0 aliphatic carbocycles. The van der Waals surface area contributed by atoms with Crippen molar-refractivity contribution < 1.29 is 22.0 Å². The van der Waals surface area contributed by atoms with Gasteiger partial charge in [-0.1, -0.05) is 37.8 Å². The Morgan fingerprint density at radius 3 is 2.03 bits per heavy atom. The summed E-state index contributed by atoms with van der Waals surface area (Å²) in [7, 11) is 0. The summed E-state index contributed by atoms with van der Waals surface area (Å²) in [6.07, 6.45) is -4.14. The number of hydrogen-bond donors (Lipinski definition) is 1. The molecule has 0 bridgehead atoms. The van der Waals surface area contributed by atoms with Crippen LogP contribution in [0.2, 0.25) is 0 Å². The normalized spacial score (nSPS) is 12.5. The molecule has 1 aromatic carbocycles. The van der Waals surface area contributed by atoms with Crippen molar-refractivity contribution in [3.8, 4) is 6.07 Å². The van der Waals surface area contributed by atoms with Gasteiger partial charge < -0.3 is 5.32 Å². The third-order valence-corrected chi connectivity index (χ3v) is 4.06. The van der Waals surface area contributed by atoms with Crippen LogP contribution in [0.3, 0.4) is 0 Å². The van der Waals surface area contributed by atoms with E-state index >= 15 is 0 Å². The van der Waals surface area contributed by atoms with E-state index in [2.05, 4.69) is 24.5 Å². The molecule has 0 spiro atoms. The minimum atomic E-state index is -4.20. The van der Waals surface area contributed by atoms with Gasteiger partial charge in [0, 0.05) is 17.2 Å². The maximum atomic E-state index is 13.1. The Hall–Kier alpha value is -2.88. The van der Waals surface area contributed by atoms with Crippen molar-refractivity contribution >= 4 is 11.1 Å². The van der Waals surface area contributed by atoms with Crippen LogP contribution >= 0.6 is 0 Å². The maximum Gasteiger partial charge on any atom is 0.412 e. The monoisotopic (exact) mass is 440 g/mol. The lowest BCUT2D eigenvalue weighted by Crippen LogP contribution is -2.22. The van der Waals surface area contributed by atoms with Gasteiger partial charge in [-0.25, -0.2) is 8.78 Å². The van der Waals surface area contributed by atoms with Crippen LogP contribution in [-0.2, 0) is 0 Å². The van der Waals surface area contributed by atoms with E-state index < -0.39 is 18.2 Å². The number of nitriles is 1. The van der Waals surface area contributed by atoms with Crippen molar-refractivity contribution in [2.45, 2.75) is 59.7 Å². The lowest BCUT2D eigenvalue weighted by Gasteiger charge is -2.16. The molecule has 170 valence electrons. The zero-order valence-electron chi connectivity index (χ0n) is 18.5. The zero-order valence-corrected chi connectivity index (χ0v) is 18.5. The second kappa shape index (κ2) is 12.7. The van der Waals surface area contributed by atoms with Crippen LogP contribution < -0.4 is 5.32 Å². The van der Waals surface area contributed by atoms with Gasteiger partial charge in [0.2, 0.25) is 0 Å². The fourth-order valence-corrected chi connectivity index (χ4v) is 2.47. The molecule has 7 heteroatoms. The molecule has 1 aromatic rings. The number of halogens is 5. The lowest BCUT2D eigenvalue weighted by atomic mass is 9.94. The summed E-state index contributed by atoms with van der Waals surface area (Å²) in [6, 6.07) is 6.95. The lowest BCUT2D eigenvalue weighted by molar-refractivity contribution is -0.0913. The molecule has 2 nitrogen and oxygen atoms in total. The maximum absolute atomic E-state index is 13.1. The van der Waals surface area contributed by atoms with Gasteiger partial charge in [-0.05, 0) is 69.0 Å². The van der Waals surface area contributed by atoms with E-state index in [0.717, 1.165) is 30.2 Å². The molecule has 31 heavy (non-hydrogen) atoms. The molecule has 0 aliphatic rings. The quantitative estimate of drug-likeness (QED) is 0.265. The van der Waals surface area contributed by atoms with E-state index in [4.69, 9.17) is 0 Å². The number of rotatable bonds is 7. The largest absolute Gasteiger partial charge is 0.412 e. The summed E-state index contributed by atoms with van der Waals surface area (Å²) in [4.78, 5) is 0. The first kappa shape index (κ1) is 28.1. The Morgan fingerprint density at radius 1 is 1.16 bits per heavy atom. The molecule has 0 aliphatic heterocycles. The van der Waals surface area contributed by atoms with Crippen LogP contribution in [0.4, 0.5) is 22.0 Å². The number of nitrogens with zero attached hydrogens (tertiary/aromatic N) is 1. The molecule has 0 atom stereocenters. The molecule has 0 heterocycles. The van der Waals surface area contributed by atoms with Crippen molar-refractivity contribution in [1.29, 1.82) is 5.26 Å². The zero-order chi connectivity index (χ0) is 24.4. The highest BCUT2D eigenvalue weighted by Crippen LogP contribution is 2.30. The van der Waals surface area contributed by atoms with Crippen LogP contribution in [0.1, 0.15) is 64.2 Å². The molecule has 0 radical (unpaired) electrons. The average molecular weight is 441 g/mol. The summed E-state index contributed by atoms with van der Waals surface area (Å²) in [5.74, 6) is 0. The second-order valence-corrected chi connectivity index (χ2v) is 7.13. The van der Waals surface area contributed by atoms with Gasteiger partial charge >= 0.3 is 6.18 Å². The number of hydrogen-bond acceptors (Lipinski definition) is 2. The Morgan fingerprint density at radius 2 is 1.71 bits per heavy atom. The molecular formula is C24H29F5N2. The SMILES string of the molecule is C=C(C)c1cc(/C(CC)=C(\C#N)NC(C)C)cc(C(F)F)c1.C=C/C=C(\C)C(F)(F)F. The molecule has 0 saturated carbocycles. The Bertz CT molecular complexity index is 869. The van der Waals surface area contributed by atoms with Gasteiger partial charge in [0.1, 0.15) is 11.8 Å². The summed E-state index contributed by atoms with van der Waals surface area (Å²) >= 11 is 0. The van der Waals surface area contributed by atoms with Gasteiger partial charge in [-0.2, -0.15) is 18.4 Å². The van der Waals surface area contributed by atoms with E-state index in [-0.39, 0.29) is 11.6 Å². The minimum Gasteiger partial charge on any atom is -0.374 e. The van der Waals surface area contributed by atoms with Gasteiger partial charge in [-0.15, -0.1) is 0 Å². The number of allylic oxidation sites excluding steroid dienone is 6. The Balaban J connectivity index is 0.000000842. The van der Waals surface area contributed by atoms with Crippen LogP contribution in [0.15, 0.2) is 54.8 Å². The highest BCUT2D eigenvalue weighted by molar-refractivity contribution is 5.75. The third-order valence-electron chi connectivity index (χ3n) is 4.06. The second-order valence-electron chi connectivity index (χ2n) is 7.13. The fraction of sp³-hybridized carbons (Fsp3) is 0.375. The van der Waals surface area contributed by atoms with E-state index in [1.165, 1.54) is 12.1 Å². The number of nitrogens with one attached hydrogen (secondary N) is 1. The van der Waals surface area contributed by atoms with Crippen LogP contribution in [0.25, 0.3) is 11.1 Å². The first-order valence-electron chi connectivity index (χ1n) is 9.64. The topological polar surface area (TPSA) is 35.8 Å². The highest BCUT2D eigenvalue weighted by Gasteiger charge is 2.29. The summed E-state index contributed by atoms with van der Waals surface area (Å²) in [5, 5.41) is 12.4. The van der Waals surface area contributed by atoms with E-state index in [0.29, 0.717) is 23.2 Å². The first-order chi connectivity index (χ1) is 14.3. The van der Waals surface area contributed by atoms with Crippen molar-refractivity contribution in [3.63, 3.8) is 0 Å². The highest BCUT2D eigenvalue weighted by atomic mass is 19.4. The molecule has 1 N–H and O–H groups in total. The summed E-state index contributed by atoms with van der Waals surface area (Å²) < 4.78 is 60.8. The van der Waals surface area contributed by atoms with Crippen molar-refractivity contribution in [3.05, 3.63) is 71.5 Å². The predicted octanol–water partition coefficient (Wildman–Crippen LogP) is 7.98. The third kappa shape index (κ3) is 9.65. The molecule has 0 unspecified atom stereocenters. The average Bonchev–Trinajstić information content (AvgIpc) is 2.67. The molecule has 0 saturated heterocycles. The van der Waals surface area contributed by atoms with Crippen LogP contribution in [0, 0.1) is 11.3 Å². The fourth-order valence-electron chi connectivity index (χ4n) is 2.47. The van der Waals surface area contributed by atoms with Crippen LogP contribution in [-0.4, -0.2) is 12.2 Å². The van der Waals surface area contributed by atoms with Crippen molar-refractivity contribution in [2.75, 3.05) is 0 Å². The summed E-state index contributed by atoms with van der Waals surface area (Å²) in [6.45, 7) is 15.5. The molecule has 0 fully saturated rings. The van der Waals surface area contributed by atoms with Crippen LogP contribution in [0.5, 0.6) is 0 Å². The van der Waals surface area contributed by atoms with Gasteiger partial charge in [0.05, 0.1) is 0 Å². The van der Waals surface area contributed by atoms with Gasteiger partial charge in [0.15, 0.2) is 0 Å². The molecule has 1 rings (SSSR count). The minimum absolute atomic E-state index is 0.0525. The van der Waals surface area contributed by atoms with E-state index in [1.807, 2.05) is 26.8 Å². The van der Waals surface area contributed by atoms with E-state index in [1.54, 1.807) is 6.92 Å². The number of benzene rings is 1. The molecule has 0 aromatic heterocycles. The Kier molecular flexibility index (Phi) is 11.6. The Labute approximate surface area is 181 Å².